The second-order valence-corrected chi connectivity index (χ2v) is 7.57. The van der Waals surface area contributed by atoms with Crippen molar-refractivity contribution in [3.8, 4) is 11.4 Å². The van der Waals surface area contributed by atoms with E-state index >= 15 is 0 Å². The third kappa shape index (κ3) is 6.26. The molecule has 1 atom stereocenters. The molecule has 148 valence electrons. The van der Waals surface area contributed by atoms with Crippen LogP contribution in [0.2, 0.25) is 5.02 Å². The van der Waals surface area contributed by atoms with E-state index in [-0.39, 0.29) is 6.10 Å². The molecular weight excluding hydrogens is 368 g/mol. The highest BCUT2D eigenvalue weighted by Gasteiger charge is 2.21. The van der Waals surface area contributed by atoms with E-state index in [1.165, 1.54) is 0 Å². The number of aliphatic hydroxyl groups is 1. The Labute approximate surface area is 164 Å². The lowest BCUT2D eigenvalue weighted by atomic mass is 10.2. The molecular formula is C19H27ClN4O3. The van der Waals surface area contributed by atoms with Gasteiger partial charge < -0.3 is 14.4 Å². The number of piperazine rings is 1. The maximum absolute atomic E-state index is 10.1. The van der Waals surface area contributed by atoms with Gasteiger partial charge in [-0.2, -0.15) is 4.98 Å². The van der Waals surface area contributed by atoms with Crippen molar-refractivity contribution in [3.05, 3.63) is 35.2 Å². The second kappa shape index (κ2) is 9.61. The zero-order valence-electron chi connectivity index (χ0n) is 15.8. The highest BCUT2D eigenvalue weighted by Crippen LogP contribution is 2.19. The van der Waals surface area contributed by atoms with Crippen LogP contribution in [-0.4, -0.2) is 76.6 Å². The third-order valence-electron chi connectivity index (χ3n) is 4.49. The van der Waals surface area contributed by atoms with Crippen LogP contribution in [0.3, 0.4) is 0 Å². The van der Waals surface area contributed by atoms with E-state index in [9.17, 15) is 5.11 Å². The van der Waals surface area contributed by atoms with Crippen molar-refractivity contribution in [1.29, 1.82) is 0 Å². The van der Waals surface area contributed by atoms with Crippen molar-refractivity contribution in [2.45, 2.75) is 32.6 Å². The monoisotopic (exact) mass is 394 g/mol. The van der Waals surface area contributed by atoms with Gasteiger partial charge in [-0.25, -0.2) is 0 Å². The zero-order valence-corrected chi connectivity index (χ0v) is 16.6. The minimum atomic E-state index is -0.447. The Hall–Kier alpha value is -1.51. The number of aliphatic hydroxyl groups excluding tert-OH is 1. The molecule has 2 aromatic rings. The summed E-state index contributed by atoms with van der Waals surface area (Å²) in [6.45, 7) is 9.20. The summed E-state index contributed by atoms with van der Waals surface area (Å²) < 4.78 is 10.9. The second-order valence-electron chi connectivity index (χ2n) is 7.13. The summed E-state index contributed by atoms with van der Waals surface area (Å²) in [5.74, 6) is 1.19. The molecule has 1 aliphatic rings. The molecule has 1 saturated heterocycles. The van der Waals surface area contributed by atoms with Gasteiger partial charge in [0, 0.05) is 43.3 Å². The van der Waals surface area contributed by atoms with Crippen LogP contribution in [0.15, 0.2) is 28.8 Å². The minimum Gasteiger partial charge on any atom is -0.389 e. The first kappa shape index (κ1) is 20.2. The van der Waals surface area contributed by atoms with Crippen LogP contribution in [-0.2, 0) is 11.3 Å². The summed E-state index contributed by atoms with van der Waals surface area (Å²) in [6.07, 6.45) is -0.305. The maximum atomic E-state index is 10.1. The standard InChI is InChI=1S/C19H27ClN4O3/c1-14(2)26-13-17(25)11-23-7-9-24(10-8-23)12-18-21-19(22-27-18)15-3-5-16(20)6-4-15/h3-6,14,17,25H,7-13H2,1-2H3. The van der Waals surface area contributed by atoms with Gasteiger partial charge in [0.2, 0.25) is 11.7 Å². The number of nitrogens with zero attached hydrogens (tertiary/aromatic N) is 4. The summed E-state index contributed by atoms with van der Waals surface area (Å²) in [6, 6.07) is 7.38. The highest BCUT2D eigenvalue weighted by atomic mass is 35.5. The Morgan fingerprint density at radius 3 is 2.48 bits per heavy atom. The lowest BCUT2D eigenvalue weighted by molar-refractivity contribution is -0.0152. The van der Waals surface area contributed by atoms with Crippen LogP contribution >= 0.6 is 11.6 Å². The van der Waals surface area contributed by atoms with Crippen molar-refractivity contribution < 1.29 is 14.4 Å². The van der Waals surface area contributed by atoms with Crippen molar-refractivity contribution in [2.75, 3.05) is 39.3 Å². The molecule has 1 fully saturated rings. The van der Waals surface area contributed by atoms with E-state index in [2.05, 4.69) is 19.9 Å². The van der Waals surface area contributed by atoms with Crippen LogP contribution < -0.4 is 0 Å². The van der Waals surface area contributed by atoms with E-state index in [0.29, 0.717) is 36.4 Å². The molecule has 8 heteroatoms. The summed E-state index contributed by atoms with van der Waals surface area (Å²) in [5, 5.41) is 14.8. The highest BCUT2D eigenvalue weighted by molar-refractivity contribution is 6.30. The number of benzene rings is 1. The van der Waals surface area contributed by atoms with Crippen LogP contribution in [0.5, 0.6) is 0 Å². The first-order chi connectivity index (χ1) is 13.0. The third-order valence-corrected chi connectivity index (χ3v) is 4.74. The van der Waals surface area contributed by atoms with E-state index in [1.807, 2.05) is 38.1 Å². The van der Waals surface area contributed by atoms with Crippen molar-refractivity contribution in [2.24, 2.45) is 0 Å². The van der Waals surface area contributed by atoms with Crippen LogP contribution in [0, 0.1) is 0 Å². The summed E-state index contributed by atoms with van der Waals surface area (Å²) in [5.41, 5.74) is 0.886. The van der Waals surface area contributed by atoms with Gasteiger partial charge in [-0.15, -0.1) is 0 Å². The van der Waals surface area contributed by atoms with Crippen LogP contribution in [0.25, 0.3) is 11.4 Å². The lowest BCUT2D eigenvalue weighted by Crippen LogP contribution is -2.48. The molecule has 0 amide bonds. The topological polar surface area (TPSA) is 74.9 Å². The Morgan fingerprint density at radius 2 is 1.81 bits per heavy atom. The molecule has 7 nitrogen and oxygen atoms in total. The van der Waals surface area contributed by atoms with Gasteiger partial charge in [-0.1, -0.05) is 16.8 Å². The van der Waals surface area contributed by atoms with Gasteiger partial charge in [0.05, 0.1) is 25.4 Å². The van der Waals surface area contributed by atoms with Crippen molar-refractivity contribution in [1.82, 2.24) is 19.9 Å². The summed E-state index contributed by atoms with van der Waals surface area (Å²) >= 11 is 5.91. The van der Waals surface area contributed by atoms with E-state index in [1.54, 1.807) is 0 Å². The Balaban J connectivity index is 1.44. The first-order valence-electron chi connectivity index (χ1n) is 9.32. The molecule has 1 aromatic carbocycles. The molecule has 3 rings (SSSR count). The lowest BCUT2D eigenvalue weighted by Gasteiger charge is -2.34. The molecule has 0 saturated carbocycles. The number of ether oxygens (including phenoxy) is 1. The first-order valence-corrected chi connectivity index (χ1v) is 9.70. The largest absolute Gasteiger partial charge is 0.389 e. The smallest absolute Gasteiger partial charge is 0.241 e. The van der Waals surface area contributed by atoms with Gasteiger partial charge in [0.15, 0.2) is 0 Å². The summed E-state index contributed by atoms with van der Waals surface area (Å²) in [7, 11) is 0. The Bertz CT molecular complexity index is 699. The zero-order chi connectivity index (χ0) is 19.2. The number of rotatable bonds is 8. The number of halogens is 1. The fraction of sp³-hybridized carbons (Fsp3) is 0.579. The average molecular weight is 395 g/mol. The van der Waals surface area contributed by atoms with Gasteiger partial charge in [0.25, 0.3) is 0 Å². The normalized spacial score (nSPS) is 17.5. The number of aromatic nitrogens is 2. The molecule has 27 heavy (non-hydrogen) atoms. The Kier molecular flexibility index (Phi) is 7.20. The minimum absolute atomic E-state index is 0.142. The number of hydrogen-bond donors (Lipinski definition) is 1. The van der Waals surface area contributed by atoms with Crippen LogP contribution in [0.1, 0.15) is 19.7 Å². The Morgan fingerprint density at radius 1 is 1.15 bits per heavy atom. The molecule has 1 N–H and O–H groups in total. The molecule has 0 aliphatic carbocycles. The fourth-order valence-electron chi connectivity index (χ4n) is 3.01. The molecule has 1 aliphatic heterocycles. The van der Waals surface area contributed by atoms with Gasteiger partial charge in [0.1, 0.15) is 0 Å². The van der Waals surface area contributed by atoms with E-state index < -0.39 is 6.10 Å². The number of β-amino-alcohol motifs (C(OH)–C–C–N with tert-alkyl or cyclic N) is 1. The molecule has 0 spiro atoms. The predicted molar refractivity (Wildman–Crippen MR) is 104 cm³/mol. The summed E-state index contributed by atoms with van der Waals surface area (Å²) in [4.78, 5) is 9.03. The van der Waals surface area contributed by atoms with Gasteiger partial charge >= 0.3 is 0 Å². The fourth-order valence-corrected chi connectivity index (χ4v) is 3.14. The van der Waals surface area contributed by atoms with Crippen molar-refractivity contribution >= 4 is 11.6 Å². The van der Waals surface area contributed by atoms with E-state index in [4.69, 9.17) is 20.9 Å². The molecule has 1 aromatic heterocycles. The van der Waals surface area contributed by atoms with Crippen molar-refractivity contribution in [3.63, 3.8) is 0 Å². The van der Waals surface area contributed by atoms with E-state index in [0.717, 1.165) is 31.7 Å². The quantitative estimate of drug-likeness (QED) is 0.736. The molecule has 1 unspecified atom stereocenters. The predicted octanol–water partition coefficient (Wildman–Crippen LogP) is 2.29. The molecule has 0 bridgehead atoms. The van der Waals surface area contributed by atoms with Gasteiger partial charge in [-0.05, 0) is 38.1 Å². The van der Waals surface area contributed by atoms with Gasteiger partial charge in [-0.3, -0.25) is 9.80 Å². The SMILES string of the molecule is CC(C)OCC(O)CN1CCN(Cc2nc(-c3ccc(Cl)cc3)no2)CC1. The molecule has 2 heterocycles. The number of hydrogen-bond acceptors (Lipinski definition) is 7. The maximum Gasteiger partial charge on any atom is 0.241 e. The average Bonchev–Trinajstić information content (AvgIpc) is 3.11. The molecule has 0 radical (unpaired) electrons. The van der Waals surface area contributed by atoms with Crippen LogP contribution in [0.4, 0.5) is 0 Å².